The lowest BCUT2D eigenvalue weighted by Crippen LogP contribution is -2.26. The molecular formula is C14H12Cl2N2O2S. The summed E-state index contributed by atoms with van der Waals surface area (Å²) in [4.78, 5) is 17.5. The first kappa shape index (κ1) is 15.8. The first-order valence-corrected chi connectivity index (χ1v) is 7.69. The zero-order chi connectivity index (χ0) is 15.1. The van der Waals surface area contributed by atoms with Crippen molar-refractivity contribution in [3.8, 4) is 0 Å². The smallest absolute Gasteiger partial charge is 0.261 e. The number of oxime groups is 1. The molecule has 4 nitrogen and oxygen atoms in total. The van der Waals surface area contributed by atoms with Gasteiger partial charge < -0.3 is 10.2 Å². The topological polar surface area (TPSA) is 50.7 Å². The number of nitrogens with zero attached hydrogens (tertiary/aromatic N) is 1. The quantitative estimate of drug-likeness (QED) is 0.642. The summed E-state index contributed by atoms with van der Waals surface area (Å²) in [6.45, 7) is 0.337. The average Bonchev–Trinajstić information content (AvgIpc) is 2.99. The first-order valence-electron chi connectivity index (χ1n) is 6.05. The summed E-state index contributed by atoms with van der Waals surface area (Å²) in [5.41, 5.74) is 0.628. The van der Waals surface area contributed by atoms with Crippen molar-refractivity contribution in [2.45, 2.75) is 6.54 Å². The van der Waals surface area contributed by atoms with Gasteiger partial charge in [-0.2, -0.15) is 0 Å². The Morgan fingerprint density at radius 2 is 2.19 bits per heavy atom. The standard InChI is InChI=1S/C14H12Cl2N2O2S/c15-12-5-1-3-10(14(12)16)7-18-20-9-13(19)17-8-11-4-2-6-21-11/h1-7H,8-9H2,(H,17,19)/b18-7-. The maximum absolute atomic E-state index is 11.5. The molecule has 1 N–H and O–H groups in total. The van der Waals surface area contributed by atoms with Crippen LogP contribution in [0.5, 0.6) is 0 Å². The van der Waals surface area contributed by atoms with E-state index in [0.717, 1.165) is 4.88 Å². The van der Waals surface area contributed by atoms with Crippen molar-refractivity contribution in [3.63, 3.8) is 0 Å². The van der Waals surface area contributed by atoms with Crippen LogP contribution >= 0.6 is 34.5 Å². The fraction of sp³-hybridized carbons (Fsp3) is 0.143. The van der Waals surface area contributed by atoms with E-state index in [9.17, 15) is 4.79 Å². The fourth-order valence-electron chi connectivity index (χ4n) is 1.46. The largest absolute Gasteiger partial charge is 0.386 e. The van der Waals surface area contributed by atoms with E-state index in [1.807, 2.05) is 17.5 Å². The van der Waals surface area contributed by atoms with E-state index >= 15 is 0 Å². The molecule has 2 aromatic rings. The highest BCUT2D eigenvalue weighted by molar-refractivity contribution is 7.09. The molecule has 0 aliphatic carbocycles. The lowest BCUT2D eigenvalue weighted by Gasteiger charge is -2.02. The number of hydrogen-bond acceptors (Lipinski definition) is 4. The number of amides is 1. The highest BCUT2D eigenvalue weighted by Gasteiger charge is 2.03. The number of carbonyl (C=O) groups is 1. The second-order valence-electron chi connectivity index (χ2n) is 4.01. The van der Waals surface area contributed by atoms with Crippen LogP contribution in [0.2, 0.25) is 10.0 Å². The normalized spacial score (nSPS) is 10.8. The van der Waals surface area contributed by atoms with E-state index in [0.29, 0.717) is 22.2 Å². The maximum Gasteiger partial charge on any atom is 0.261 e. The van der Waals surface area contributed by atoms with Crippen molar-refractivity contribution in [1.82, 2.24) is 5.32 Å². The van der Waals surface area contributed by atoms with Crippen LogP contribution in [0, 0.1) is 0 Å². The molecular weight excluding hydrogens is 331 g/mol. The SMILES string of the molecule is O=C(CO/N=C\c1cccc(Cl)c1Cl)NCc1cccs1. The minimum absolute atomic E-state index is 0.153. The van der Waals surface area contributed by atoms with Gasteiger partial charge in [0.2, 0.25) is 0 Å². The van der Waals surface area contributed by atoms with Crippen LogP contribution in [0.15, 0.2) is 40.9 Å². The van der Waals surface area contributed by atoms with Gasteiger partial charge in [0, 0.05) is 10.4 Å². The molecule has 0 saturated heterocycles. The predicted octanol–water partition coefficient (Wildman–Crippen LogP) is 3.72. The molecule has 1 aromatic heterocycles. The van der Waals surface area contributed by atoms with Gasteiger partial charge in [0.25, 0.3) is 5.91 Å². The van der Waals surface area contributed by atoms with Gasteiger partial charge in [-0.25, -0.2) is 0 Å². The molecule has 0 bridgehead atoms. The Morgan fingerprint density at radius 3 is 2.95 bits per heavy atom. The van der Waals surface area contributed by atoms with Crippen LogP contribution in [0.1, 0.15) is 10.4 Å². The Hall–Kier alpha value is -1.56. The van der Waals surface area contributed by atoms with E-state index in [-0.39, 0.29) is 12.5 Å². The van der Waals surface area contributed by atoms with Crippen LogP contribution < -0.4 is 5.32 Å². The summed E-state index contributed by atoms with van der Waals surface area (Å²) in [7, 11) is 0. The highest BCUT2D eigenvalue weighted by atomic mass is 35.5. The van der Waals surface area contributed by atoms with Crippen molar-refractivity contribution >= 4 is 46.7 Å². The summed E-state index contributed by atoms with van der Waals surface area (Å²) in [6, 6.07) is 9.06. The van der Waals surface area contributed by atoms with Crippen molar-refractivity contribution < 1.29 is 9.63 Å². The molecule has 0 fully saturated rings. The van der Waals surface area contributed by atoms with Crippen LogP contribution in [0.4, 0.5) is 0 Å². The first-order chi connectivity index (χ1) is 10.2. The minimum atomic E-state index is -0.238. The Labute approximate surface area is 136 Å². The molecule has 0 atom stereocenters. The Balaban J connectivity index is 1.74. The summed E-state index contributed by atoms with van der Waals surface area (Å²) in [5, 5.41) is 9.22. The van der Waals surface area contributed by atoms with Gasteiger partial charge in [-0.15, -0.1) is 11.3 Å². The Kier molecular flexibility index (Phi) is 6.04. The molecule has 21 heavy (non-hydrogen) atoms. The van der Waals surface area contributed by atoms with Crippen molar-refractivity contribution in [1.29, 1.82) is 0 Å². The number of nitrogens with one attached hydrogen (secondary N) is 1. The van der Waals surface area contributed by atoms with Crippen molar-refractivity contribution in [2.75, 3.05) is 6.61 Å². The minimum Gasteiger partial charge on any atom is -0.386 e. The van der Waals surface area contributed by atoms with Gasteiger partial charge in [-0.05, 0) is 17.5 Å². The zero-order valence-corrected chi connectivity index (χ0v) is 13.2. The fourth-order valence-corrected chi connectivity index (χ4v) is 2.46. The van der Waals surface area contributed by atoms with Gasteiger partial charge in [-0.3, -0.25) is 4.79 Å². The third kappa shape index (κ3) is 5.04. The third-order valence-corrected chi connectivity index (χ3v) is 4.19. The molecule has 1 aromatic carbocycles. The number of benzene rings is 1. The average molecular weight is 343 g/mol. The number of thiophene rings is 1. The molecule has 7 heteroatoms. The van der Waals surface area contributed by atoms with E-state index in [1.165, 1.54) is 6.21 Å². The summed E-state index contributed by atoms with van der Waals surface area (Å²) < 4.78 is 0. The van der Waals surface area contributed by atoms with E-state index in [4.69, 9.17) is 28.0 Å². The highest BCUT2D eigenvalue weighted by Crippen LogP contribution is 2.24. The van der Waals surface area contributed by atoms with Crippen LogP contribution in [-0.4, -0.2) is 18.7 Å². The number of carbonyl (C=O) groups excluding carboxylic acids is 1. The predicted molar refractivity (Wildman–Crippen MR) is 86.2 cm³/mol. The number of rotatable bonds is 6. The van der Waals surface area contributed by atoms with Crippen LogP contribution in [-0.2, 0) is 16.2 Å². The van der Waals surface area contributed by atoms with E-state index in [1.54, 1.807) is 29.5 Å². The molecule has 1 heterocycles. The van der Waals surface area contributed by atoms with Crippen LogP contribution in [0.3, 0.4) is 0 Å². The molecule has 0 saturated carbocycles. The van der Waals surface area contributed by atoms with Gasteiger partial charge in [-0.1, -0.05) is 46.6 Å². The molecule has 0 aliphatic heterocycles. The van der Waals surface area contributed by atoms with Crippen molar-refractivity contribution in [3.05, 3.63) is 56.2 Å². The molecule has 0 radical (unpaired) electrons. The Morgan fingerprint density at radius 1 is 1.33 bits per heavy atom. The molecule has 0 unspecified atom stereocenters. The van der Waals surface area contributed by atoms with Gasteiger partial charge in [0.05, 0.1) is 22.8 Å². The molecule has 1 amide bonds. The second kappa shape index (κ2) is 8.02. The molecule has 0 aliphatic rings. The third-order valence-electron chi connectivity index (χ3n) is 2.48. The summed E-state index contributed by atoms with van der Waals surface area (Å²) >= 11 is 13.4. The summed E-state index contributed by atoms with van der Waals surface area (Å²) in [6.07, 6.45) is 1.42. The maximum atomic E-state index is 11.5. The van der Waals surface area contributed by atoms with E-state index < -0.39 is 0 Å². The lowest BCUT2D eigenvalue weighted by atomic mass is 10.2. The second-order valence-corrected chi connectivity index (χ2v) is 5.82. The van der Waals surface area contributed by atoms with Gasteiger partial charge in [0.1, 0.15) is 0 Å². The molecule has 110 valence electrons. The van der Waals surface area contributed by atoms with Gasteiger partial charge in [0.15, 0.2) is 6.61 Å². The van der Waals surface area contributed by atoms with Crippen LogP contribution in [0.25, 0.3) is 0 Å². The molecule has 2 rings (SSSR count). The zero-order valence-electron chi connectivity index (χ0n) is 10.9. The van der Waals surface area contributed by atoms with E-state index in [2.05, 4.69) is 10.5 Å². The number of halogens is 2. The monoisotopic (exact) mass is 342 g/mol. The van der Waals surface area contributed by atoms with Crippen molar-refractivity contribution in [2.24, 2.45) is 5.16 Å². The molecule has 0 spiro atoms. The number of hydrogen-bond donors (Lipinski definition) is 1. The van der Waals surface area contributed by atoms with Gasteiger partial charge >= 0.3 is 0 Å². The lowest BCUT2D eigenvalue weighted by molar-refractivity contribution is -0.125. The Bertz CT molecular complexity index is 630. The summed E-state index contributed by atoms with van der Waals surface area (Å²) in [5.74, 6) is -0.238.